The van der Waals surface area contributed by atoms with E-state index in [0.29, 0.717) is 0 Å². The van der Waals surface area contributed by atoms with E-state index >= 15 is 0 Å². The molecule has 1 unspecified atom stereocenters. The zero-order chi connectivity index (χ0) is 7.40. The van der Waals surface area contributed by atoms with Crippen molar-refractivity contribution >= 4 is 11.9 Å². The van der Waals surface area contributed by atoms with E-state index in [2.05, 4.69) is 15.9 Å². The molecule has 0 bridgehead atoms. The fraction of sp³-hybridized carbons (Fsp3) is 1.00. The SMILES string of the molecule is CNCC1CCN(SC)C1. The molecule has 0 aromatic heterocycles. The molecule has 0 amide bonds. The molecule has 1 heterocycles. The van der Waals surface area contributed by atoms with Crippen LogP contribution in [0.1, 0.15) is 6.42 Å². The van der Waals surface area contributed by atoms with Gasteiger partial charge >= 0.3 is 0 Å². The molecular formula is C7H16N2S. The summed E-state index contributed by atoms with van der Waals surface area (Å²) in [6.45, 7) is 3.71. The molecule has 0 aromatic rings. The quantitative estimate of drug-likeness (QED) is 0.615. The lowest BCUT2D eigenvalue weighted by atomic mass is 10.1. The molecule has 0 aromatic carbocycles. The van der Waals surface area contributed by atoms with Crippen LogP contribution in [0.2, 0.25) is 0 Å². The Balaban J connectivity index is 2.15. The van der Waals surface area contributed by atoms with Gasteiger partial charge < -0.3 is 5.32 Å². The summed E-state index contributed by atoms with van der Waals surface area (Å²) in [6, 6.07) is 0. The highest BCUT2D eigenvalue weighted by molar-refractivity contribution is 7.96. The average molecular weight is 160 g/mol. The van der Waals surface area contributed by atoms with Gasteiger partial charge in [0.25, 0.3) is 0 Å². The number of nitrogens with one attached hydrogen (secondary N) is 1. The first-order chi connectivity index (χ1) is 4.86. The lowest BCUT2D eigenvalue weighted by Gasteiger charge is -2.10. The summed E-state index contributed by atoms with van der Waals surface area (Å²) in [5.41, 5.74) is 0. The zero-order valence-electron chi connectivity index (χ0n) is 6.76. The lowest BCUT2D eigenvalue weighted by Crippen LogP contribution is -2.20. The fourth-order valence-electron chi connectivity index (χ4n) is 1.42. The predicted octanol–water partition coefficient (Wildman–Crippen LogP) is 0.806. The van der Waals surface area contributed by atoms with Crippen molar-refractivity contribution in [1.82, 2.24) is 9.62 Å². The summed E-state index contributed by atoms with van der Waals surface area (Å²) in [7, 11) is 2.03. The van der Waals surface area contributed by atoms with Crippen LogP contribution in [0.3, 0.4) is 0 Å². The topological polar surface area (TPSA) is 15.3 Å². The summed E-state index contributed by atoms with van der Waals surface area (Å²) in [6.07, 6.45) is 3.52. The Morgan fingerprint density at radius 2 is 2.50 bits per heavy atom. The molecule has 1 rings (SSSR count). The van der Waals surface area contributed by atoms with E-state index in [1.54, 1.807) is 0 Å². The van der Waals surface area contributed by atoms with Gasteiger partial charge in [0.2, 0.25) is 0 Å². The van der Waals surface area contributed by atoms with Gasteiger partial charge in [0.05, 0.1) is 0 Å². The van der Waals surface area contributed by atoms with Gasteiger partial charge in [0, 0.05) is 13.1 Å². The van der Waals surface area contributed by atoms with E-state index in [1.165, 1.54) is 26.1 Å². The third kappa shape index (κ3) is 2.15. The third-order valence-electron chi connectivity index (χ3n) is 2.00. The van der Waals surface area contributed by atoms with E-state index in [0.717, 1.165) is 5.92 Å². The van der Waals surface area contributed by atoms with Crippen molar-refractivity contribution in [2.24, 2.45) is 5.92 Å². The van der Waals surface area contributed by atoms with Crippen molar-refractivity contribution < 1.29 is 0 Å². The van der Waals surface area contributed by atoms with Crippen LogP contribution in [0.5, 0.6) is 0 Å². The predicted molar refractivity (Wildman–Crippen MR) is 47.1 cm³/mol. The maximum Gasteiger partial charge on any atom is 0.0130 e. The number of nitrogens with zero attached hydrogens (tertiary/aromatic N) is 1. The average Bonchev–Trinajstić information content (AvgIpc) is 2.37. The Kier molecular flexibility index (Phi) is 3.52. The molecule has 1 aliphatic rings. The van der Waals surface area contributed by atoms with Gasteiger partial charge in [-0.25, -0.2) is 0 Å². The monoisotopic (exact) mass is 160 g/mol. The summed E-state index contributed by atoms with van der Waals surface area (Å²) in [4.78, 5) is 0. The van der Waals surface area contributed by atoms with Crippen LogP contribution in [-0.2, 0) is 0 Å². The second kappa shape index (κ2) is 4.21. The third-order valence-corrected chi connectivity index (χ3v) is 2.85. The Bertz CT molecular complexity index is 97.6. The Hall–Kier alpha value is 0.270. The first kappa shape index (κ1) is 8.37. The zero-order valence-corrected chi connectivity index (χ0v) is 7.58. The minimum Gasteiger partial charge on any atom is -0.319 e. The molecule has 1 atom stereocenters. The summed E-state index contributed by atoms with van der Waals surface area (Å²) in [5, 5.41) is 3.22. The van der Waals surface area contributed by atoms with E-state index in [9.17, 15) is 0 Å². The van der Waals surface area contributed by atoms with Crippen molar-refractivity contribution in [2.75, 3.05) is 32.9 Å². The van der Waals surface area contributed by atoms with E-state index in [4.69, 9.17) is 0 Å². The molecular weight excluding hydrogens is 144 g/mol. The largest absolute Gasteiger partial charge is 0.319 e. The van der Waals surface area contributed by atoms with Crippen molar-refractivity contribution in [1.29, 1.82) is 0 Å². The van der Waals surface area contributed by atoms with Gasteiger partial charge in [0.15, 0.2) is 0 Å². The standard InChI is InChI=1S/C7H16N2S/c1-8-5-7-3-4-9(6-7)10-2/h7-8H,3-6H2,1-2H3. The Labute approximate surface area is 67.5 Å². The van der Waals surface area contributed by atoms with E-state index in [1.807, 2.05) is 19.0 Å². The van der Waals surface area contributed by atoms with Crippen LogP contribution in [0, 0.1) is 5.92 Å². The first-order valence-corrected chi connectivity index (χ1v) is 4.98. The van der Waals surface area contributed by atoms with Gasteiger partial charge in [-0.1, -0.05) is 11.9 Å². The minimum absolute atomic E-state index is 0.887. The van der Waals surface area contributed by atoms with Gasteiger partial charge in [-0.3, -0.25) is 4.31 Å². The number of rotatable bonds is 3. The molecule has 2 nitrogen and oxygen atoms in total. The highest BCUT2D eigenvalue weighted by Crippen LogP contribution is 2.20. The summed E-state index contributed by atoms with van der Waals surface area (Å²) >= 11 is 1.87. The second-order valence-electron chi connectivity index (χ2n) is 2.78. The van der Waals surface area contributed by atoms with Crippen LogP contribution >= 0.6 is 11.9 Å². The van der Waals surface area contributed by atoms with Crippen LogP contribution < -0.4 is 5.32 Å². The smallest absolute Gasteiger partial charge is 0.0130 e. The van der Waals surface area contributed by atoms with E-state index in [-0.39, 0.29) is 0 Å². The molecule has 1 saturated heterocycles. The maximum absolute atomic E-state index is 3.22. The van der Waals surface area contributed by atoms with Crippen molar-refractivity contribution in [2.45, 2.75) is 6.42 Å². The highest BCUT2D eigenvalue weighted by atomic mass is 32.2. The van der Waals surface area contributed by atoms with Crippen LogP contribution in [0.15, 0.2) is 0 Å². The van der Waals surface area contributed by atoms with Gasteiger partial charge in [-0.2, -0.15) is 0 Å². The minimum atomic E-state index is 0.887. The molecule has 1 fully saturated rings. The van der Waals surface area contributed by atoms with Crippen molar-refractivity contribution in [3.63, 3.8) is 0 Å². The van der Waals surface area contributed by atoms with Crippen molar-refractivity contribution in [3.8, 4) is 0 Å². The first-order valence-electron chi connectivity index (χ1n) is 3.80. The molecule has 0 saturated carbocycles. The maximum atomic E-state index is 3.22. The molecule has 10 heavy (non-hydrogen) atoms. The summed E-state index contributed by atoms with van der Waals surface area (Å²) in [5.74, 6) is 0.887. The van der Waals surface area contributed by atoms with Crippen LogP contribution in [0.25, 0.3) is 0 Å². The molecule has 60 valence electrons. The molecule has 1 N–H and O–H groups in total. The molecule has 0 spiro atoms. The lowest BCUT2D eigenvalue weighted by molar-refractivity contribution is 0.503. The second-order valence-corrected chi connectivity index (χ2v) is 3.66. The van der Waals surface area contributed by atoms with Gasteiger partial charge in [0.1, 0.15) is 0 Å². The molecule has 0 radical (unpaired) electrons. The van der Waals surface area contributed by atoms with Crippen molar-refractivity contribution in [3.05, 3.63) is 0 Å². The number of hydrogen-bond donors (Lipinski definition) is 1. The molecule has 3 heteroatoms. The fourth-order valence-corrected chi connectivity index (χ4v) is 2.07. The normalized spacial score (nSPS) is 27.6. The van der Waals surface area contributed by atoms with Crippen LogP contribution in [0.4, 0.5) is 0 Å². The Morgan fingerprint density at radius 1 is 1.70 bits per heavy atom. The van der Waals surface area contributed by atoms with Gasteiger partial charge in [-0.05, 0) is 32.2 Å². The molecule has 1 aliphatic heterocycles. The van der Waals surface area contributed by atoms with E-state index < -0.39 is 0 Å². The van der Waals surface area contributed by atoms with Crippen LogP contribution in [-0.4, -0.2) is 37.2 Å². The molecule has 0 aliphatic carbocycles. The van der Waals surface area contributed by atoms with Gasteiger partial charge in [-0.15, -0.1) is 0 Å². The summed E-state index contributed by atoms with van der Waals surface area (Å²) < 4.78 is 2.43. The Morgan fingerprint density at radius 3 is 3.00 bits per heavy atom. The highest BCUT2D eigenvalue weighted by Gasteiger charge is 2.20. The number of hydrogen-bond acceptors (Lipinski definition) is 3.